The van der Waals surface area contributed by atoms with Crippen molar-refractivity contribution in [3.8, 4) is 0 Å². The van der Waals surface area contributed by atoms with Gasteiger partial charge in [-0.05, 0) is 30.4 Å². The number of rotatable bonds is 3. The summed E-state index contributed by atoms with van der Waals surface area (Å²) in [6.07, 6.45) is 1.12. The molecule has 1 atom stereocenters. The Labute approximate surface area is 97.9 Å². The lowest BCUT2D eigenvalue weighted by Crippen LogP contribution is -1.97. The Morgan fingerprint density at radius 2 is 1.50 bits per heavy atom. The summed E-state index contributed by atoms with van der Waals surface area (Å²) in [5.41, 5.74) is 4.17. The van der Waals surface area contributed by atoms with Crippen molar-refractivity contribution in [1.29, 1.82) is 0 Å². The van der Waals surface area contributed by atoms with Gasteiger partial charge in [0.05, 0.1) is 0 Å². The molecule has 16 heavy (non-hydrogen) atoms. The Hall–Kier alpha value is -1.56. The molecule has 2 rings (SSSR count). The summed E-state index contributed by atoms with van der Waals surface area (Å²) in [4.78, 5) is 0. The van der Waals surface area contributed by atoms with Crippen LogP contribution in [0, 0.1) is 6.92 Å². The summed E-state index contributed by atoms with van der Waals surface area (Å²) in [6, 6.07) is 19.5. The van der Waals surface area contributed by atoms with Crippen LogP contribution in [0.3, 0.4) is 0 Å². The first kappa shape index (κ1) is 10.9. The molecule has 0 aromatic heterocycles. The van der Waals surface area contributed by atoms with Gasteiger partial charge in [-0.25, -0.2) is 0 Å². The van der Waals surface area contributed by atoms with E-state index in [1.165, 1.54) is 16.7 Å². The maximum absolute atomic E-state index is 2.29. The van der Waals surface area contributed by atoms with E-state index in [2.05, 4.69) is 68.4 Å². The first-order valence-corrected chi connectivity index (χ1v) is 5.86. The van der Waals surface area contributed by atoms with E-state index < -0.39 is 0 Å². The van der Waals surface area contributed by atoms with Crippen LogP contribution in [0.15, 0.2) is 54.6 Å². The molecule has 0 fully saturated rings. The van der Waals surface area contributed by atoms with Crippen LogP contribution in [-0.4, -0.2) is 0 Å². The predicted octanol–water partition coefficient (Wildman–Crippen LogP) is 4.34. The van der Waals surface area contributed by atoms with E-state index in [0.29, 0.717) is 5.92 Å². The molecule has 0 heterocycles. The van der Waals surface area contributed by atoms with E-state index in [9.17, 15) is 0 Å². The zero-order valence-electron chi connectivity index (χ0n) is 9.98. The minimum absolute atomic E-state index is 0.587. The molecular formula is C16H18. The van der Waals surface area contributed by atoms with Gasteiger partial charge in [0.25, 0.3) is 0 Å². The van der Waals surface area contributed by atoms with Crippen molar-refractivity contribution in [3.05, 3.63) is 71.3 Å². The number of hydrogen-bond donors (Lipinski definition) is 0. The fourth-order valence-electron chi connectivity index (χ4n) is 1.98. The lowest BCUT2D eigenvalue weighted by Gasteiger charge is -2.11. The highest BCUT2D eigenvalue weighted by molar-refractivity contribution is 5.25. The Bertz CT molecular complexity index is 425. The molecule has 0 spiro atoms. The maximum atomic E-state index is 2.29. The van der Waals surface area contributed by atoms with Crippen molar-refractivity contribution >= 4 is 0 Å². The average Bonchev–Trinajstić information content (AvgIpc) is 2.33. The van der Waals surface area contributed by atoms with Gasteiger partial charge in [-0.3, -0.25) is 0 Å². The summed E-state index contributed by atoms with van der Waals surface area (Å²) >= 11 is 0. The highest BCUT2D eigenvalue weighted by atomic mass is 14.1. The second kappa shape index (κ2) is 4.98. The van der Waals surface area contributed by atoms with Crippen LogP contribution >= 0.6 is 0 Å². The summed E-state index contributed by atoms with van der Waals surface area (Å²) in [6.45, 7) is 4.42. The van der Waals surface area contributed by atoms with Gasteiger partial charge >= 0.3 is 0 Å². The van der Waals surface area contributed by atoms with Crippen LogP contribution in [0.1, 0.15) is 29.5 Å². The van der Waals surface area contributed by atoms with Gasteiger partial charge in [-0.2, -0.15) is 0 Å². The van der Waals surface area contributed by atoms with Crippen LogP contribution in [0.4, 0.5) is 0 Å². The molecule has 0 saturated carbocycles. The highest BCUT2D eigenvalue weighted by Crippen LogP contribution is 2.20. The topological polar surface area (TPSA) is 0 Å². The van der Waals surface area contributed by atoms with Gasteiger partial charge in [-0.15, -0.1) is 0 Å². The molecule has 82 valence electrons. The first-order valence-electron chi connectivity index (χ1n) is 5.86. The van der Waals surface area contributed by atoms with Crippen molar-refractivity contribution in [2.24, 2.45) is 0 Å². The molecule has 0 bridgehead atoms. The summed E-state index contributed by atoms with van der Waals surface area (Å²) < 4.78 is 0. The Morgan fingerprint density at radius 1 is 0.875 bits per heavy atom. The van der Waals surface area contributed by atoms with Gasteiger partial charge < -0.3 is 0 Å². The van der Waals surface area contributed by atoms with E-state index in [1.54, 1.807) is 0 Å². The highest BCUT2D eigenvalue weighted by Gasteiger charge is 2.05. The smallest absolute Gasteiger partial charge is 0.0150 e. The van der Waals surface area contributed by atoms with Gasteiger partial charge in [0, 0.05) is 0 Å². The lowest BCUT2D eigenvalue weighted by molar-refractivity contribution is 0.759. The normalized spacial score (nSPS) is 12.4. The standard InChI is InChI=1S/C16H18/c1-13-8-10-15(11-9-13)12-14(2)16-6-4-3-5-7-16/h3-11,14H,12H2,1-2H3. The molecule has 2 aromatic rings. The van der Waals surface area contributed by atoms with E-state index in [4.69, 9.17) is 0 Å². The van der Waals surface area contributed by atoms with Gasteiger partial charge in [0.15, 0.2) is 0 Å². The molecular weight excluding hydrogens is 192 g/mol. The van der Waals surface area contributed by atoms with Crippen molar-refractivity contribution < 1.29 is 0 Å². The first-order chi connectivity index (χ1) is 7.75. The second-order valence-corrected chi connectivity index (χ2v) is 4.50. The van der Waals surface area contributed by atoms with Crippen LogP contribution < -0.4 is 0 Å². The third kappa shape index (κ3) is 2.73. The minimum Gasteiger partial charge on any atom is -0.0622 e. The predicted molar refractivity (Wildman–Crippen MR) is 69.7 cm³/mol. The van der Waals surface area contributed by atoms with Crippen molar-refractivity contribution in [3.63, 3.8) is 0 Å². The largest absolute Gasteiger partial charge is 0.0622 e. The third-order valence-corrected chi connectivity index (χ3v) is 3.03. The van der Waals surface area contributed by atoms with Gasteiger partial charge in [-0.1, -0.05) is 67.1 Å². The van der Waals surface area contributed by atoms with Crippen molar-refractivity contribution in [1.82, 2.24) is 0 Å². The molecule has 0 N–H and O–H groups in total. The number of benzene rings is 2. The zero-order chi connectivity index (χ0) is 11.4. The van der Waals surface area contributed by atoms with Gasteiger partial charge in [0.2, 0.25) is 0 Å². The molecule has 0 saturated heterocycles. The second-order valence-electron chi connectivity index (χ2n) is 4.50. The molecule has 0 aliphatic carbocycles. The monoisotopic (exact) mass is 210 g/mol. The molecule has 0 aliphatic heterocycles. The molecule has 1 unspecified atom stereocenters. The molecule has 0 aliphatic rings. The Morgan fingerprint density at radius 3 is 2.12 bits per heavy atom. The summed E-state index contributed by atoms with van der Waals surface area (Å²) in [5.74, 6) is 0.587. The fraction of sp³-hybridized carbons (Fsp3) is 0.250. The number of aryl methyl sites for hydroxylation is 1. The van der Waals surface area contributed by atoms with Crippen LogP contribution in [0.5, 0.6) is 0 Å². The quantitative estimate of drug-likeness (QED) is 0.707. The zero-order valence-corrected chi connectivity index (χ0v) is 9.98. The number of hydrogen-bond acceptors (Lipinski definition) is 0. The molecule has 0 nitrogen and oxygen atoms in total. The van der Waals surface area contributed by atoms with E-state index in [1.807, 2.05) is 0 Å². The van der Waals surface area contributed by atoms with Crippen molar-refractivity contribution in [2.75, 3.05) is 0 Å². The fourth-order valence-corrected chi connectivity index (χ4v) is 1.98. The Kier molecular flexibility index (Phi) is 3.40. The van der Waals surface area contributed by atoms with Crippen LogP contribution in [-0.2, 0) is 6.42 Å². The molecule has 2 aromatic carbocycles. The lowest BCUT2D eigenvalue weighted by atomic mass is 9.93. The maximum Gasteiger partial charge on any atom is -0.0150 e. The minimum atomic E-state index is 0.587. The van der Waals surface area contributed by atoms with E-state index in [-0.39, 0.29) is 0 Å². The summed E-state index contributed by atoms with van der Waals surface area (Å²) in [5, 5.41) is 0. The molecule has 0 amide bonds. The SMILES string of the molecule is Cc1ccc(CC(C)c2ccccc2)cc1. The van der Waals surface area contributed by atoms with E-state index >= 15 is 0 Å². The van der Waals surface area contributed by atoms with Gasteiger partial charge in [0.1, 0.15) is 0 Å². The molecule has 0 heteroatoms. The van der Waals surface area contributed by atoms with E-state index in [0.717, 1.165) is 6.42 Å². The summed E-state index contributed by atoms with van der Waals surface area (Å²) in [7, 11) is 0. The van der Waals surface area contributed by atoms with Crippen LogP contribution in [0.25, 0.3) is 0 Å². The third-order valence-electron chi connectivity index (χ3n) is 3.03. The van der Waals surface area contributed by atoms with Crippen molar-refractivity contribution in [2.45, 2.75) is 26.2 Å². The molecule has 0 radical (unpaired) electrons. The van der Waals surface area contributed by atoms with Crippen LogP contribution in [0.2, 0.25) is 0 Å². The average molecular weight is 210 g/mol. The Balaban J connectivity index is 2.08.